The molecule has 0 aliphatic rings. The molecular weight excluding hydrogens is 369 g/mol. The monoisotopic (exact) mass is 395 g/mol. The van der Waals surface area contributed by atoms with Crippen LogP contribution in [0.4, 0.5) is 5.69 Å². The standard InChI is InChI=1S/C27H26NP/c1-19-17-20(2)26(21(3)18-19)24-15-10-16-25(27(24)28)29(22-11-6-4-7-12-22)23-13-8-5-9-14-23/h4-18H,28H2,1-3H3. The third-order valence-corrected chi connectivity index (χ3v) is 7.80. The SMILES string of the molecule is Cc1cc(C)c(-c2cccc(P(c3ccccc3)c3ccccc3)c2N)c(C)c1. The van der Waals surface area contributed by atoms with Gasteiger partial charge in [0.1, 0.15) is 0 Å². The Morgan fingerprint density at radius 1 is 0.621 bits per heavy atom. The van der Waals surface area contributed by atoms with Crippen LogP contribution in [0.25, 0.3) is 11.1 Å². The van der Waals surface area contributed by atoms with Gasteiger partial charge in [0.2, 0.25) is 0 Å². The van der Waals surface area contributed by atoms with Crippen LogP contribution in [0.2, 0.25) is 0 Å². The van der Waals surface area contributed by atoms with Crippen molar-refractivity contribution in [3.63, 3.8) is 0 Å². The summed E-state index contributed by atoms with van der Waals surface area (Å²) < 4.78 is 0. The van der Waals surface area contributed by atoms with E-state index in [1.165, 1.54) is 38.2 Å². The summed E-state index contributed by atoms with van der Waals surface area (Å²) in [7, 11) is -0.724. The smallest absolute Gasteiger partial charge is 0.0478 e. The summed E-state index contributed by atoms with van der Waals surface area (Å²) >= 11 is 0. The largest absolute Gasteiger partial charge is 0.398 e. The predicted octanol–water partition coefficient (Wildman–Crippen LogP) is 5.62. The summed E-state index contributed by atoms with van der Waals surface area (Å²) in [4.78, 5) is 0. The number of para-hydroxylation sites is 1. The molecule has 0 atom stereocenters. The van der Waals surface area contributed by atoms with Crippen molar-refractivity contribution < 1.29 is 0 Å². The zero-order valence-electron chi connectivity index (χ0n) is 17.2. The first-order valence-corrected chi connectivity index (χ1v) is 11.3. The van der Waals surface area contributed by atoms with Crippen molar-refractivity contribution in [3.05, 3.63) is 108 Å². The lowest BCUT2D eigenvalue weighted by Gasteiger charge is -2.23. The Kier molecular flexibility index (Phi) is 5.51. The van der Waals surface area contributed by atoms with Crippen LogP contribution < -0.4 is 21.6 Å². The van der Waals surface area contributed by atoms with Crippen molar-refractivity contribution in [1.29, 1.82) is 0 Å². The highest BCUT2D eigenvalue weighted by Crippen LogP contribution is 2.39. The van der Waals surface area contributed by atoms with E-state index in [4.69, 9.17) is 5.73 Å². The first-order chi connectivity index (χ1) is 14.1. The van der Waals surface area contributed by atoms with Gasteiger partial charge in [0.15, 0.2) is 0 Å². The highest BCUT2D eigenvalue weighted by Gasteiger charge is 2.21. The number of aryl methyl sites for hydroxylation is 3. The Hall–Kier alpha value is -2.89. The van der Waals surface area contributed by atoms with E-state index in [0.29, 0.717) is 0 Å². The van der Waals surface area contributed by atoms with Crippen LogP contribution in [0.3, 0.4) is 0 Å². The summed E-state index contributed by atoms with van der Waals surface area (Å²) in [6.07, 6.45) is 0. The molecule has 0 aliphatic heterocycles. The molecule has 0 saturated carbocycles. The minimum absolute atomic E-state index is 0.724. The number of benzene rings is 4. The lowest BCUT2D eigenvalue weighted by atomic mass is 9.93. The fourth-order valence-corrected chi connectivity index (χ4v) is 6.54. The topological polar surface area (TPSA) is 26.0 Å². The second-order valence-corrected chi connectivity index (χ2v) is 9.70. The van der Waals surface area contributed by atoms with Crippen molar-refractivity contribution >= 4 is 29.5 Å². The fourth-order valence-electron chi connectivity index (χ4n) is 4.15. The van der Waals surface area contributed by atoms with E-state index in [9.17, 15) is 0 Å². The zero-order valence-corrected chi connectivity index (χ0v) is 18.1. The van der Waals surface area contributed by atoms with E-state index in [1.807, 2.05) is 0 Å². The molecule has 0 fully saturated rings. The molecule has 0 unspecified atom stereocenters. The van der Waals surface area contributed by atoms with Gasteiger partial charge in [0, 0.05) is 16.6 Å². The van der Waals surface area contributed by atoms with Crippen LogP contribution in [-0.4, -0.2) is 0 Å². The van der Waals surface area contributed by atoms with Gasteiger partial charge in [-0.25, -0.2) is 0 Å². The fraction of sp³-hybridized carbons (Fsp3) is 0.111. The maximum atomic E-state index is 6.88. The molecule has 0 aliphatic carbocycles. The van der Waals surface area contributed by atoms with Crippen molar-refractivity contribution in [2.75, 3.05) is 5.73 Å². The molecule has 0 aromatic heterocycles. The minimum Gasteiger partial charge on any atom is -0.398 e. The predicted molar refractivity (Wildman–Crippen MR) is 129 cm³/mol. The highest BCUT2D eigenvalue weighted by atomic mass is 31.1. The second kappa shape index (κ2) is 8.23. The Bertz CT molecular complexity index is 1070. The van der Waals surface area contributed by atoms with Gasteiger partial charge in [-0.1, -0.05) is 96.6 Å². The van der Waals surface area contributed by atoms with Gasteiger partial charge in [-0.05, 0) is 56.0 Å². The third kappa shape index (κ3) is 3.84. The Morgan fingerprint density at radius 2 is 1.14 bits per heavy atom. The molecule has 144 valence electrons. The van der Waals surface area contributed by atoms with Gasteiger partial charge in [-0.2, -0.15) is 0 Å². The van der Waals surface area contributed by atoms with Gasteiger partial charge in [-0.3, -0.25) is 0 Å². The summed E-state index contributed by atoms with van der Waals surface area (Å²) in [5, 5.41) is 3.85. The van der Waals surface area contributed by atoms with Crippen LogP contribution in [-0.2, 0) is 0 Å². The molecule has 0 amide bonds. The average molecular weight is 395 g/mol. The Morgan fingerprint density at radius 3 is 1.66 bits per heavy atom. The molecule has 2 heteroatoms. The first-order valence-electron chi connectivity index (χ1n) is 9.93. The summed E-state index contributed by atoms with van der Waals surface area (Å²) in [5.74, 6) is 0. The minimum atomic E-state index is -0.724. The summed E-state index contributed by atoms with van der Waals surface area (Å²) in [5.41, 5.74) is 14.0. The van der Waals surface area contributed by atoms with Crippen molar-refractivity contribution in [3.8, 4) is 11.1 Å². The maximum Gasteiger partial charge on any atom is 0.0478 e. The van der Waals surface area contributed by atoms with E-state index < -0.39 is 7.92 Å². The molecular formula is C27H26NP. The van der Waals surface area contributed by atoms with Gasteiger partial charge in [0.25, 0.3) is 0 Å². The number of hydrogen-bond acceptors (Lipinski definition) is 1. The van der Waals surface area contributed by atoms with E-state index in [0.717, 1.165) is 11.3 Å². The lowest BCUT2D eigenvalue weighted by molar-refractivity contribution is 1.32. The third-order valence-electron chi connectivity index (χ3n) is 5.30. The second-order valence-electron chi connectivity index (χ2n) is 7.52. The van der Waals surface area contributed by atoms with Crippen LogP contribution >= 0.6 is 7.92 Å². The van der Waals surface area contributed by atoms with Gasteiger partial charge >= 0.3 is 0 Å². The van der Waals surface area contributed by atoms with Gasteiger partial charge in [-0.15, -0.1) is 0 Å². The molecule has 0 spiro atoms. The number of hydrogen-bond donors (Lipinski definition) is 1. The highest BCUT2D eigenvalue weighted by molar-refractivity contribution is 7.80. The van der Waals surface area contributed by atoms with E-state index in [1.54, 1.807) is 0 Å². The lowest BCUT2D eigenvalue weighted by Crippen LogP contribution is -2.23. The molecule has 4 aromatic carbocycles. The van der Waals surface area contributed by atoms with Crippen LogP contribution in [0.1, 0.15) is 16.7 Å². The normalized spacial score (nSPS) is 11.0. The molecule has 0 bridgehead atoms. The Balaban J connectivity index is 1.94. The number of rotatable bonds is 4. The van der Waals surface area contributed by atoms with E-state index in [-0.39, 0.29) is 0 Å². The summed E-state index contributed by atoms with van der Waals surface area (Å²) in [6.45, 7) is 6.50. The molecule has 0 radical (unpaired) electrons. The number of nitrogen functional groups attached to an aromatic ring is 1. The molecule has 29 heavy (non-hydrogen) atoms. The van der Waals surface area contributed by atoms with Crippen molar-refractivity contribution in [2.24, 2.45) is 0 Å². The summed E-state index contributed by atoms with van der Waals surface area (Å²) in [6, 6.07) is 32.4. The molecule has 1 nitrogen and oxygen atoms in total. The number of nitrogens with two attached hydrogens (primary N) is 1. The first kappa shape index (κ1) is 19.4. The van der Waals surface area contributed by atoms with Gasteiger partial charge < -0.3 is 5.73 Å². The molecule has 0 saturated heterocycles. The van der Waals surface area contributed by atoms with Crippen LogP contribution in [0, 0.1) is 20.8 Å². The zero-order chi connectivity index (χ0) is 20.4. The molecule has 4 rings (SSSR count). The number of anilines is 1. The van der Waals surface area contributed by atoms with Crippen LogP contribution in [0.5, 0.6) is 0 Å². The van der Waals surface area contributed by atoms with Crippen molar-refractivity contribution in [1.82, 2.24) is 0 Å². The Labute approximate surface area is 175 Å². The van der Waals surface area contributed by atoms with E-state index >= 15 is 0 Å². The van der Waals surface area contributed by atoms with E-state index in [2.05, 4.69) is 112 Å². The van der Waals surface area contributed by atoms with Gasteiger partial charge in [0.05, 0.1) is 0 Å². The average Bonchev–Trinajstić information content (AvgIpc) is 2.71. The molecule has 2 N–H and O–H groups in total. The quantitative estimate of drug-likeness (QED) is 0.352. The molecule has 4 aromatic rings. The molecule has 0 heterocycles. The maximum absolute atomic E-state index is 6.88. The van der Waals surface area contributed by atoms with Crippen LogP contribution in [0.15, 0.2) is 91.0 Å². The van der Waals surface area contributed by atoms with Crippen molar-refractivity contribution in [2.45, 2.75) is 20.8 Å².